The molecule has 0 aliphatic rings. The highest BCUT2D eigenvalue weighted by Crippen LogP contribution is 2.21. The second-order valence-corrected chi connectivity index (χ2v) is 2.89. The molecule has 0 atom stereocenters. The van der Waals surface area contributed by atoms with Gasteiger partial charge in [0.25, 0.3) is 5.91 Å². The standard InChI is InChI=1S/C10H11NO3/c1-6-3-8(10(11)13)9(14-2)4-7(6)5-12/h3-5H,1-2H3,(H2,11,13). The molecule has 0 heterocycles. The third-order valence-electron chi connectivity index (χ3n) is 1.98. The topological polar surface area (TPSA) is 69.4 Å². The van der Waals surface area contributed by atoms with E-state index in [0.717, 1.165) is 0 Å². The SMILES string of the molecule is COc1cc(C=O)c(C)cc1C(N)=O. The van der Waals surface area contributed by atoms with E-state index in [9.17, 15) is 9.59 Å². The number of nitrogens with two attached hydrogens (primary N) is 1. The number of benzene rings is 1. The Balaban J connectivity index is 3.38. The number of carbonyl (C=O) groups is 2. The zero-order valence-electron chi connectivity index (χ0n) is 8.03. The summed E-state index contributed by atoms with van der Waals surface area (Å²) in [6, 6.07) is 3.05. The number of primary amides is 1. The van der Waals surface area contributed by atoms with E-state index in [2.05, 4.69) is 0 Å². The molecular weight excluding hydrogens is 182 g/mol. The van der Waals surface area contributed by atoms with Crippen molar-refractivity contribution in [3.05, 3.63) is 28.8 Å². The molecule has 0 aliphatic carbocycles. The van der Waals surface area contributed by atoms with E-state index < -0.39 is 5.91 Å². The van der Waals surface area contributed by atoms with Crippen LogP contribution in [0.5, 0.6) is 5.75 Å². The van der Waals surface area contributed by atoms with Gasteiger partial charge < -0.3 is 10.5 Å². The number of methoxy groups -OCH3 is 1. The molecule has 0 aromatic heterocycles. The molecule has 2 N–H and O–H groups in total. The smallest absolute Gasteiger partial charge is 0.252 e. The number of ether oxygens (including phenoxy) is 1. The lowest BCUT2D eigenvalue weighted by atomic mass is 10.0. The summed E-state index contributed by atoms with van der Waals surface area (Å²) < 4.78 is 4.94. The lowest BCUT2D eigenvalue weighted by molar-refractivity contribution is 0.0996. The molecule has 0 aliphatic heterocycles. The summed E-state index contributed by atoms with van der Waals surface area (Å²) in [7, 11) is 1.42. The van der Waals surface area contributed by atoms with Crippen molar-refractivity contribution in [1.82, 2.24) is 0 Å². The van der Waals surface area contributed by atoms with Gasteiger partial charge in [0.1, 0.15) is 12.0 Å². The molecule has 0 bridgehead atoms. The zero-order valence-corrected chi connectivity index (χ0v) is 8.03. The van der Waals surface area contributed by atoms with E-state index in [1.165, 1.54) is 13.2 Å². The fourth-order valence-corrected chi connectivity index (χ4v) is 1.19. The van der Waals surface area contributed by atoms with E-state index >= 15 is 0 Å². The Morgan fingerprint density at radius 1 is 1.50 bits per heavy atom. The summed E-state index contributed by atoms with van der Waals surface area (Å²) in [5.41, 5.74) is 6.63. The summed E-state index contributed by atoms with van der Waals surface area (Å²) in [6.07, 6.45) is 0.711. The molecule has 1 rings (SSSR count). The second kappa shape index (κ2) is 3.91. The minimum Gasteiger partial charge on any atom is -0.496 e. The van der Waals surface area contributed by atoms with Crippen LogP contribution in [0.25, 0.3) is 0 Å². The lowest BCUT2D eigenvalue weighted by Gasteiger charge is -2.08. The number of aldehydes is 1. The van der Waals surface area contributed by atoms with Gasteiger partial charge in [-0.2, -0.15) is 0 Å². The number of carbonyl (C=O) groups excluding carboxylic acids is 2. The molecule has 0 unspecified atom stereocenters. The van der Waals surface area contributed by atoms with Gasteiger partial charge in [-0.3, -0.25) is 9.59 Å². The Labute approximate surface area is 81.7 Å². The molecule has 0 saturated carbocycles. The van der Waals surface area contributed by atoms with Crippen LogP contribution in [0.15, 0.2) is 12.1 Å². The Hall–Kier alpha value is -1.84. The monoisotopic (exact) mass is 193 g/mol. The first-order valence-electron chi connectivity index (χ1n) is 4.03. The van der Waals surface area contributed by atoms with Crippen LogP contribution >= 0.6 is 0 Å². The number of hydrogen-bond acceptors (Lipinski definition) is 3. The fraction of sp³-hybridized carbons (Fsp3) is 0.200. The molecule has 1 aromatic carbocycles. The highest BCUT2D eigenvalue weighted by Gasteiger charge is 2.11. The number of aryl methyl sites for hydroxylation is 1. The van der Waals surface area contributed by atoms with Crippen LogP contribution in [0, 0.1) is 6.92 Å². The van der Waals surface area contributed by atoms with Crippen molar-refractivity contribution in [2.45, 2.75) is 6.92 Å². The highest BCUT2D eigenvalue weighted by molar-refractivity contribution is 5.97. The number of rotatable bonds is 3. The van der Waals surface area contributed by atoms with Gasteiger partial charge in [0, 0.05) is 5.56 Å². The second-order valence-electron chi connectivity index (χ2n) is 2.89. The minimum absolute atomic E-state index is 0.288. The Morgan fingerprint density at radius 2 is 2.14 bits per heavy atom. The molecule has 0 radical (unpaired) electrons. The van der Waals surface area contributed by atoms with Crippen molar-refractivity contribution in [1.29, 1.82) is 0 Å². The van der Waals surface area contributed by atoms with Crippen molar-refractivity contribution in [3.63, 3.8) is 0 Å². The first kappa shape index (κ1) is 10.2. The van der Waals surface area contributed by atoms with Gasteiger partial charge in [-0.15, -0.1) is 0 Å². The third kappa shape index (κ3) is 1.74. The Morgan fingerprint density at radius 3 is 2.57 bits per heavy atom. The molecule has 4 heteroatoms. The summed E-state index contributed by atoms with van der Waals surface area (Å²) in [5.74, 6) is -0.243. The van der Waals surface area contributed by atoms with Crippen LogP contribution in [0.4, 0.5) is 0 Å². The van der Waals surface area contributed by atoms with Crippen molar-refractivity contribution in [2.75, 3.05) is 7.11 Å². The van der Waals surface area contributed by atoms with Crippen LogP contribution in [0.2, 0.25) is 0 Å². The third-order valence-corrected chi connectivity index (χ3v) is 1.98. The molecule has 4 nitrogen and oxygen atoms in total. The molecule has 0 fully saturated rings. The molecule has 1 aromatic rings. The quantitative estimate of drug-likeness (QED) is 0.725. The van der Waals surface area contributed by atoms with E-state index in [0.29, 0.717) is 23.2 Å². The minimum atomic E-state index is -0.567. The predicted octanol–water partition coefficient (Wildman–Crippen LogP) is 0.915. The van der Waals surface area contributed by atoms with E-state index in [1.807, 2.05) is 0 Å². The van der Waals surface area contributed by atoms with Gasteiger partial charge in [0.15, 0.2) is 0 Å². The van der Waals surface area contributed by atoms with Crippen LogP contribution in [0.3, 0.4) is 0 Å². The Bertz CT molecular complexity index is 385. The van der Waals surface area contributed by atoms with Crippen molar-refractivity contribution in [2.24, 2.45) is 5.73 Å². The van der Waals surface area contributed by atoms with E-state index in [-0.39, 0.29) is 5.56 Å². The molecule has 14 heavy (non-hydrogen) atoms. The van der Waals surface area contributed by atoms with Crippen molar-refractivity contribution < 1.29 is 14.3 Å². The lowest BCUT2D eigenvalue weighted by Crippen LogP contribution is -2.13. The molecule has 1 amide bonds. The van der Waals surface area contributed by atoms with Gasteiger partial charge in [-0.25, -0.2) is 0 Å². The van der Waals surface area contributed by atoms with Gasteiger partial charge >= 0.3 is 0 Å². The predicted molar refractivity (Wildman–Crippen MR) is 51.6 cm³/mol. The maximum Gasteiger partial charge on any atom is 0.252 e. The molecular formula is C10H11NO3. The van der Waals surface area contributed by atoms with Crippen molar-refractivity contribution in [3.8, 4) is 5.75 Å². The van der Waals surface area contributed by atoms with Crippen LogP contribution in [0.1, 0.15) is 26.3 Å². The molecule has 0 saturated heterocycles. The number of hydrogen-bond donors (Lipinski definition) is 1. The largest absolute Gasteiger partial charge is 0.496 e. The van der Waals surface area contributed by atoms with Crippen LogP contribution < -0.4 is 10.5 Å². The maximum absolute atomic E-state index is 11.0. The van der Waals surface area contributed by atoms with Gasteiger partial charge in [0.2, 0.25) is 0 Å². The van der Waals surface area contributed by atoms with E-state index in [4.69, 9.17) is 10.5 Å². The van der Waals surface area contributed by atoms with Crippen LogP contribution in [-0.2, 0) is 0 Å². The van der Waals surface area contributed by atoms with Crippen molar-refractivity contribution >= 4 is 12.2 Å². The number of amides is 1. The van der Waals surface area contributed by atoms with Gasteiger partial charge in [-0.05, 0) is 24.6 Å². The average molecular weight is 193 g/mol. The maximum atomic E-state index is 11.0. The molecule has 0 spiro atoms. The fourth-order valence-electron chi connectivity index (χ4n) is 1.19. The van der Waals surface area contributed by atoms with Crippen LogP contribution in [-0.4, -0.2) is 19.3 Å². The highest BCUT2D eigenvalue weighted by atomic mass is 16.5. The van der Waals surface area contributed by atoms with Gasteiger partial charge in [0.05, 0.1) is 12.7 Å². The summed E-state index contributed by atoms with van der Waals surface area (Å²) in [6.45, 7) is 1.73. The molecule has 74 valence electrons. The zero-order chi connectivity index (χ0) is 10.7. The normalized spacial score (nSPS) is 9.57. The summed E-state index contributed by atoms with van der Waals surface area (Å²) in [5, 5.41) is 0. The average Bonchev–Trinajstić information content (AvgIpc) is 2.17. The summed E-state index contributed by atoms with van der Waals surface area (Å²) in [4.78, 5) is 21.6. The summed E-state index contributed by atoms with van der Waals surface area (Å²) >= 11 is 0. The first-order valence-corrected chi connectivity index (χ1v) is 4.03. The first-order chi connectivity index (χ1) is 6.60. The van der Waals surface area contributed by atoms with Gasteiger partial charge in [-0.1, -0.05) is 0 Å². The van der Waals surface area contributed by atoms with E-state index in [1.54, 1.807) is 13.0 Å². The Kier molecular flexibility index (Phi) is 2.86.